The predicted octanol–water partition coefficient (Wildman–Crippen LogP) is 2.16. The second kappa shape index (κ2) is 8.36. The summed E-state index contributed by atoms with van der Waals surface area (Å²) in [4.78, 5) is 23.5. The van der Waals surface area contributed by atoms with Crippen LogP contribution in [0.1, 0.15) is 40.5 Å². The van der Waals surface area contributed by atoms with Gasteiger partial charge in [-0.25, -0.2) is 19.3 Å². The van der Waals surface area contributed by atoms with Crippen molar-refractivity contribution in [2.75, 3.05) is 18.9 Å². The lowest BCUT2D eigenvalue weighted by atomic mass is 9.93. The molecule has 3 aromatic rings. The van der Waals surface area contributed by atoms with Crippen LogP contribution in [0.3, 0.4) is 0 Å². The summed E-state index contributed by atoms with van der Waals surface area (Å²) < 4.78 is 3.22. The fraction of sp³-hybridized carbons (Fsp3) is 0.273. The van der Waals surface area contributed by atoms with Crippen LogP contribution < -0.4 is 11.5 Å². The van der Waals surface area contributed by atoms with E-state index >= 15 is 0 Å². The number of para-hydroxylation sites is 1. The minimum atomic E-state index is -0.0211. The molecule has 1 unspecified atom stereocenters. The van der Waals surface area contributed by atoms with E-state index in [-0.39, 0.29) is 11.8 Å². The Labute approximate surface area is 175 Å². The Balaban J connectivity index is 1.57. The van der Waals surface area contributed by atoms with Crippen molar-refractivity contribution in [3.63, 3.8) is 0 Å². The molecule has 1 aromatic carbocycles. The number of carbonyl (C=O) groups excluding carboxylic acids is 1. The zero-order chi connectivity index (χ0) is 21.1. The highest BCUT2D eigenvalue weighted by Gasteiger charge is 2.28. The molecule has 154 valence electrons. The van der Waals surface area contributed by atoms with Gasteiger partial charge in [-0.3, -0.25) is 4.79 Å². The molecule has 1 aliphatic rings. The molecule has 1 saturated heterocycles. The molecule has 2 N–H and O–H groups in total. The van der Waals surface area contributed by atoms with Crippen molar-refractivity contribution in [3.05, 3.63) is 84.1 Å². The number of likely N-dealkylation sites (tertiary alicyclic amines) is 1. The summed E-state index contributed by atoms with van der Waals surface area (Å²) in [5.41, 5.74) is 3.66. The zero-order valence-corrected chi connectivity index (χ0v) is 17.0. The number of piperidine rings is 1. The first kappa shape index (κ1) is 19.6. The lowest BCUT2D eigenvalue weighted by Gasteiger charge is -2.33. The van der Waals surface area contributed by atoms with Crippen molar-refractivity contribution in [2.24, 2.45) is 4.99 Å². The van der Waals surface area contributed by atoms with Crippen LogP contribution in [0.5, 0.6) is 0 Å². The van der Waals surface area contributed by atoms with Gasteiger partial charge in [0.1, 0.15) is 0 Å². The number of hydrogen-bond acceptors (Lipinski definition) is 5. The Kier molecular flexibility index (Phi) is 5.47. The molecule has 4 rings (SSSR count). The fourth-order valence-electron chi connectivity index (χ4n) is 3.87. The van der Waals surface area contributed by atoms with E-state index < -0.39 is 0 Å². The number of aryl methyl sites for hydroxylation is 1. The highest BCUT2D eigenvalue weighted by Crippen LogP contribution is 2.27. The lowest BCUT2D eigenvalue weighted by molar-refractivity contribution is 0.0704. The van der Waals surface area contributed by atoms with Crippen LogP contribution in [0.25, 0.3) is 5.69 Å². The molecule has 1 amide bonds. The number of carbonyl (C=O) groups is 1. The van der Waals surface area contributed by atoms with Crippen molar-refractivity contribution >= 4 is 5.91 Å². The van der Waals surface area contributed by atoms with Gasteiger partial charge < -0.3 is 10.7 Å². The van der Waals surface area contributed by atoms with Crippen molar-refractivity contribution in [1.29, 1.82) is 0 Å². The fourth-order valence-corrected chi connectivity index (χ4v) is 3.87. The van der Waals surface area contributed by atoms with Gasteiger partial charge in [0, 0.05) is 42.8 Å². The monoisotopic (exact) mass is 403 g/mol. The lowest BCUT2D eigenvalue weighted by Crippen LogP contribution is -2.42. The molecule has 0 saturated carbocycles. The van der Waals surface area contributed by atoms with Crippen molar-refractivity contribution < 1.29 is 4.79 Å². The minimum absolute atomic E-state index is 0.0211. The van der Waals surface area contributed by atoms with Crippen LogP contribution in [0.4, 0.5) is 0 Å². The first-order valence-electron chi connectivity index (χ1n) is 9.96. The van der Waals surface area contributed by atoms with Crippen LogP contribution in [0, 0.1) is 6.92 Å². The Morgan fingerprint density at radius 3 is 2.90 bits per heavy atom. The summed E-state index contributed by atoms with van der Waals surface area (Å²) in [6.45, 7) is 6.84. The maximum Gasteiger partial charge on any atom is 0.257 e. The number of nitrogens with two attached hydrogens (primary N) is 1. The van der Waals surface area contributed by atoms with E-state index in [1.165, 1.54) is 10.9 Å². The second-order valence-electron chi connectivity index (χ2n) is 7.40. The largest absolute Gasteiger partial charge is 0.338 e. The molecule has 8 heteroatoms. The third kappa shape index (κ3) is 3.89. The van der Waals surface area contributed by atoms with Gasteiger partial charge in [-0.05, 0) is 38.0 Å². The number of nitrogens with zero attached hydrogens (tertiary/aromatic N) is 6. The first-order chi connectivity index (χ1) is 14.6. The summed E-state index contributed by atoms with van der Waals surface area (Å²) in [6.07, 6.45) is 6.68. The first-order valence-corrected chi connectivity index (χ1v) is 9.96. The van der Waals surface area contributed by atoms with Gasteiger partial charge in [0.05, 0.1) is 17.4 Å². The quantitative estimate of drug-likeness (QED) is 0.676. The van der Waals surface area contributed by atoms with Crippen LogP contribution in [0.2, 0.25) is 0 Å². The average molecular weight is 403 g/mol. The molecule has 1 fully saturated rings. The van der Waals surface area contributed by atoms with Crippen molar-refractivity contribution in [3.8, 4) is 5.69 Å². The number of amides is 1. The summed E-state index contributed by atoms with van der Waals surface area (Å²) in [6, 6.07) is 11.7. The van der Waals surface area contributed by atoms with E-state index in [1.807, 2.05) is 48.2 Å². The number of hydrogen-bond donors (Lipinski definition) is 1. The summed E-state index contributed by atoms with van der Waals surface area (Å²) in [5.74, 6) is 6.35. The Morgan fingerprint density at radius 2 is 2.13 bits per heavy atom. The Morgan fingerprint density at radius 1 is 1.33 bits per heavy atom. The Bertz CT molecular complexity index is 1130. The molecule has 1 atom stereocenters. The standard InChI is InChI=1S/C22H25N7O/c1-3-24-22-26-16(2)12-20(29(22)23)17-8-7-11-27(14-17)21(30)18-13-25-28(15-18)19-9-5-4-6-10-19/h3-6,9-10,12-13,15,17H,1,7-8,11,14,23H2,2H3. The summed E-state index contributed by atoms with van der Waals surface area (Å²) in [5, 5.41) is 4.35. The molecular formula is C22H25N7O. The van der Waals surface area contributed by atoms with E-state index in [1.54, 1.807) is 17.1 Å². The molecule has 8 nitrogen and oxygen atoms in total. The normalized spacial score (nSPS) is 17.2. The van der Waals surface area contributed by atoms with Crippen LogP contribution in [0.15, 0.2) is 66.6 Å². The van der Waals surface area contributed by atoms with Crippen molar-refractivity contribution in [2.45, 2.75) is 25.7 Å². The maximum atomic E-state index is 13.1. The molecule has 2 aromatic heterocycles. The molecule has 3 heterocycles. The minimum Gasteiger partial charge on any atom is -0.338 e. The maximum absolute atomic E-state index is 13.1. The Hall–Kier alpha value is -3.68. The molecule has 0 spiro atoms. The number of nitrogen functional groups attached to an aromatic ring is 1. The number of aromatic nitrogens is 4. The average Bonchev–Trinajstić information content (AvgIpc) is 3.27. The molecule has 1 aliphatic heterocycles. The van der Waals surface area contributed by atoms with Gasteiger partial charge in [-0.15, -0.1) is 0 Å². The van der Waals surface area contributed by atoms with Crippen LogP contribution in [-0.2, 0) is 0 Å². The van der Waals surface area contributed by atoms with Gasteiger partial charge in [-0.1, -0.05) is 24.8 Å². The smallest absolute Gasteiger partial charge is 0.257 e. The van der Waals surface area contributed by atoms with E-state index in [2.05, 4.69) is 21.7 Å². The van der Waals surface area contributed by atoms with E-state index in [9.17, 15) is 4.79 Å². The predicted molar refractivity (Wildman–Crippen MR) is 114 cm³/mol. The van der Waals surface area contributed by atoms with Crippen LogP contribution in [-0.4, -0.2) is 43.3 Å². The third-order valence-electron chi connectivity index (χ3n) is 5.31. The summed E-state index contributed by atoms with van der Waals surface area (Å²) >= 11 is 0. The number of benzene rings is 1. The number of rotatable bonds is 4. The van der Waals surface area contributed by atoms with E-state index in [0.717, 1.165) is 29.9 Å². The second-order valence-corrected chi connectivity index (χ2v) is 7.40. The van der Waals surface area contributed by atoms with E-state index in [4.69, 9.17) is 5.84 Å². The van der Waals surface area contributed by atoms with Gasteiger partial charge in [-0.2, -0.15) is 5.10 Å². The molecular weight excluding hydrogens is 378 g/mol. The topological polar surface area (TPSA) is 94.3 Å². The molecule has 0 aliphatic carbocycles. The third-order valence-corrected chi connectivity index (χ3v) is 5.31. The molecule has 0 bridgehead atoms. The molecule has 0 radical (unpaired) electrons. The zero-order valence-electron chi connectivity index (χ0n) is 17.0. The van der Waals surface area contributed by atoms with Gasteiger partial charge >= 0.3 is 0 Å². The highest BCUT2D eigenvalue weighted by atomic mass is 16.2. The SMILES string of the molecule is C=CN=c1nc(C)cc(C2CCCN(C(=O)c3cnn(-c4ccccc4)c3)C2)n1N. The van der Waals surface area contributed by atoms with Crippen LogP contribution >= 0.6 is 0 Å². The van der Waals surface area contributed by atoms with Gasteiger partial charge in [0.15, 0.2) is 0 Å². The van der Waals surface area contributed by atoms with Gasteiger partial charge in [0.2, 0.25) is 5.62 Å². The summed E-state index contributed by atoms with van der Waals surface area (Å²) in [7, 11) is 0. The van der Waals surface area contributed by atoms with E-state index in [0.29, 0.717) is 24.3 Å². The molecule has 30 heavy (non-hydrogen) atoms. The highest BCUT2D eigenvalue weighted by molar-refractivity contribution is 5.94. The van der Waals surface area contributed by atoms with Crippen molar-refractivity contribution in [1.82, 2.24) is 24.3 Å². The van der Waals surface area contributed by atoms with Gasteiger partial charge in [0.25, 0.3) is 5.91 Å².